The standard InChI is InChI=1S/C17H26N2O/c1-4-9-18-10-12-19(13-11-18)15(3)17(20)16-7-5-14(2)6-8-16/h5-8,15H,4,9-13H2,1-3H3. The van der Waals surface area contributed by atoms with Gasteiger partial charge in [0.2, 0.25) is 0 Å². The molecular weight excluding hydrogens is 248 g/mol. The van der Waals surface area contributed by atoms with Crippen molar-refractivity contribution in [2.45, 2.75) is 33.2 Å². The summed E-state index contributed by atoms with van der Waals surface area (Å²) in [6.07, 6.45) is 1.21. The highest BCUT2D eigenvalue weighted by Gasteiger charge is 2.25. The van der Waals surface area contributed by atoms with Gasteiger partial charge < -0.3 is 4.90 Å². The van der Waals surface area contributed by atoms with E-state index in [-0.39, 0.29) is 11.8 Å². The topological polar surface area (TPSA) is 23.6 Å². The number of piperazine rings is 1. The first kappa shape index (κ1) is 15.2. The molecule has 1 aliphatic heterocycles. The van der Waals surface area contributed by atoms with Gasteiger partial charge >= 0.3 is 0 Å². The van der Waals surface area contributed by atoms with Gasteiger partial charge in [0.1, 0.15) is 0 Å². The minimum absolute atomic E-state index is 0.0125. The van der Waals surface area contributed by atoms with Crippen LogP contribution in [-0.4, -0.2) is 54.3 Å². The molecule has 0 radical (unpaired) electrons. The summed E-state index contributed by atoms with van der Waals surface area (Å²) < 4.78 is 0. The molecule has 20 heavy (non-hydrogen) atoms. The fraction of sp³-hybridized carbons (Fsp3) is 0.588. The normalized spacial score (nSPS) is 18.9. The molecule has 0 aromatic heterocycles. The first-order valence-electron chi connectivity index (χ1n) is 7.69. The predicted octanol–water partition coefficient (Wildman–Crippen LogP) is 2.59. The van der Waals surface area contributed by atoms with Gasteiger partial charge in [0.15, 0.2) is 5.78 Å². The van der Waals surface area contributed by atoms with Gasteiger partial charge in [-0.2, -0.15) is 0 Å². The van der Waals surface area contributed by atoms with Gasteiger partial charge in [0, 0.05) is 31.7 Å². The van der Waals surface area contributed by atoms with Gasteiger partial charge in [-0.25, -0.2) is 0 Å². The van der Waals surface area contributed by atoms with Crippen molar-refractivity contribution in [3.05, 3.63) is 35.4 Å². The summed E-state index contributed by atoms with van der Waals surface area (Å²) >= 11 is 0. The van der Waals surface area contributed by atoms with Gasteiger partial charge in [-0.05, 0) is 26.8 Å². The molecule has 0 saturated carbocycles. The first-order chi connectivity index (χ1) is 9.61. The maximum absolute atomic E-state index is 12.5. The Kier molecular flexibility index (Phi) is 5.32. The van der Waals surface area contributed by atoms with E-state index in [1.807, 2.05) is 38.1 Å². The summed E-state index contributed by atoms with van der Waals surface area (Å²) in [5.74, 6) is 0.244. The van der Waals surface area contributed by atoms with Crippen molar-refractivity contribution in [1.82, 2.24) is 9.80 Å². The highest BCUT2D eigenvalue weighted by molar-refractivity contribution is 5.99. The Labute approximate surface area is 122 Å². The quantitative estimate of drug-likeness (QED) is 0.771. The Morgan fingerprint density at radius 2 is 1.75 bits per heavy atom. The molecule has 1 fully saturated rings. The van der Waals surface area contributed by atoms with E-state index >= 15 is 0 Å². The Balaban J connectivity index is 1.93. The van der Waals surface area contributed by atoms with Crippen LogP contribution >= 0.6 is 0 Å². The second-order valence-corrected chi connectivity index (χ2v) is 5.78. The molecule has 1 unspecified atom stereocenters. The Hall–Kier alpha value is -1.19. The Bertz CT molecular complexity index is 433. The second kappa shape index (κ2) is 7.00. The van der Waals surface area contributed by atoms with Gasteiger partial charge in [-0.1, -0.05) is 36.8 Å². The van der Waals surface area contributed by atoms with Crippen LogP contribution < -0.4 is 0 Å². The van der Waals surface area contributed by atoms with Crippen LogP contribution in [-0.2, 0) is 0 Å². The van der Waals surface area contributed by atoms with Crippen LogP contribution in [0.25, 0.3) is 0 Å². The van der Waals surface area contributed by atoms with Crippen LogP contribution in [0.15, 0.2) is 24.3 Å². The summed E-state index contributed by atoms with van der Waals surface area (Å²) in [5, 5.41) is 0. The molecule has 0 aliphatic carbocycles. The Morgan fingerprint density at radius 3 is 2.30 bits per heavy atom. The molecule has 1 aliphatic rings. The fourth-order valence-corrected chi connectivity index (χ4v) is 2.82. The van der Waals surface area contributed by atoms with Crippen LogP contribution in [0.1, 0.15) is 36.2 Å². The van der Waals surface area contributed by atoms with Crippen molar-refractivity contribution in [2.24, 2.45) is 0 Å². The number of hydrogen-bond acceptors (Lipinski definition) is 3. The van der Waals surface area contributed by atoms with E-state index < -0.39 is 0 Å². The molecule has 0 bridgehead atoms. The molecule has 1 heterocycles. The van der Waals surface area contributed by atoms with Gasteiger partial charge in [-0.15, -0.1) is 0 Å². The summed E-state index contributed by atoms with van der Waals surface area (Å²) in [5.41, 5.74) is 2.03. The second-order valence-electron chi connectivity index (χ2n) is 5.78. The zero-order valence-electron chi connectivity index (χ0n) is 12.9. The van der Waals surface area contributed by atoms with Gasteiger partial charge in [-0.3, -0.25) is 9.69 Å². The lowest BCUT2D eigenvalue weighted by Gasteiger charge is -2.37. The van der Waals surface area contributed by atoms with E-state index in [4.69, 9.17) is 0 Å². The molecule has 3 nitrogen and oxygen atoms in total. The average molecular weight is 274 g/mol. The molecule has 1 aromatic carbocycles. The molecule has 1 aromatic rings. The zero-order valence-corrected chi connectivity index (χ0v) is 12.9. The number of rotatable bonds is 5. The Morgan fingerprint density at radius 1 is 1.15 bits per heavy atom. The SMILES string of the molecule is CCCN1CCN(C(C)C(=O)c2ccc(C)cc2)CC1. The summed E-state index contributed by atoms with van der Waals surface area (Å²) in [6, 6.07) is 7.91. The molecule has 0 N–H and O–H groups in total. The van der Waals surface area contributed by atoms with E-state index in [1.165, 1.54) is 18.5 Å². The monoisotopic (exact) mass is 274 g/mol. The lowest BCUT2D eigenvalue weighted by molar-refractivity contribution is 0.0701. The van der Waals surface area contributed by atoms with E-state index in [0.717, 1.165) is 31.7 Å². The smallest absolute Gasteiger partial charge is 0.179 e. The zero-order chi connectivity index (χ0) is 14.5. The highest BCUT2D eigenvalue weighted by Crippen LogP contribution is 2.13. The van der Waals surface area contributed by atoms with Crippen LogP contribution in [0.3, 0.4) is 0 Å². The predicted molar refractivity (Wildman–Crippen MR) is 83.3 cm³/mol. The number of carbonyl (C=O) groups is 1. The van der Waals surface area contributed by atoms with Gasteiger partial charge in [0.05, 0.1) is 6.04 Å². The van der Waals surface area contributed by atoms with Crippen molar-refractivity contribution >= 4 is 5.78 Å². The molecule has 1 atom stereocenters. The van der Waals surface area contributed by atoms with Gasteiger partial charge in [0.25, 0.3) is 0 Å². The molecule has 2 rings (SSSR count). The van der Waals surface area contributed by atoms with Crippen LogP contribution in [0.4, 0.5) is 0 Å². The maximum Gasteiger partial charge on any atom is 0.179 e. The molecular formula is C17H26N2O. The fourth-order valence-electron chi connectivity index (χ4n) is 2.82. The average Bonchev–Trinajstić information content (AvgIpc) is 2.48. The third kappa shape index (κ3) is 3.68. The lowest BCUT2D eigenvalue weighted by atomic mass is 10.0. The van der Waals surface area contributed by atoms with E-state index in [0.29, 0.717) is 0 Å². The summed E-state index contributed by atoms with van der Waals surface area (Å²) in [6.45, 7) is 11.6. The number of Topliss-reactive ketones (excluding diaryl/α,β-unsaturated/α-hetero) is 1. The summed E-state index contributed by atoms with van der Waals surface area (Å²) in [4.78, 5) is 17.3. The third-order valence-corrected chi connectivity index (χ3v) is 4.21. The van der Waals surface area contributed by atoms with E-state index in [2.05, 4.69) is 16.7 Å². The van der Waals surface area contributed by atoms with Crippen molar-refractivity contribution in [2.75, 3.05) is 32.7 Å². The minimum atomic E-state index is -0.0125. The lowest BCUT2D eigenvalue weighted by Crippen LogP contribution is -2.51. The van der Waals surface area contributed by atoms with Crippen LogP contribution in [0.2, 0.25) is 0 Å². The summed E-state index contributed by atoms with van der Waals surface area (Å²) in [7, 11) is 0. The van der Waals surface area contributed by atoms with E-state index in [9.17, 15) is 4.79 Å². The van der Waals surface area contributed by atoms with Crippen molar-refractivity contribution in [1.29, 1.82) is 0 Å². The number of aryl methyl sites for hydroxylation is 1. The number of hydrogen-bond donors (Lipinski definition) is 0. The van der Waals surface area contributed by atoms with Crippen LogP contribution in [0.5, 0.6) is 0 Å². The maximum atomic E-state index is 12.5. The van der Waals surface area contributed by atoms with E-state index in [1.54, 1.807) is 0 Å². The number of nitrogens with zero attached hydrogens (tertiary/aromatic N) is 2. The molecule has 0 amide bonds. The van der Waals surface area contributed by atoms with Crippen molar-refractivity contribution < 1.29 is 4.79 Å². The van der Waals surface area contributed by atoms with Crippen LogP contribution in [0, 0.1) is 6.92 Å². The third-order valence-electron chi connectivity index (χ3n) is 4.21. The first-order valence-corrected chi connectivity index (χ1v) is 7.69. The molecule has 1 saturated heterocycles. The molecule has 0 spiro atoms. The molecule has 3 heteroatoms. The van der Waals surface area contributed by atoms with Crippen molar-refractivity contribution in [3.63, 3.8) is 0 Å². The molecule has 110 valence electrons. The number of benzene rings is 1. The largest absolute Gasteiger partial charge is 0.301 e. The number of carbonyl (C=O) groups excluding carboxylic acids is 1. The number of ketones is 1. The minimum Gasteiger partial charge on any atom is -0.301 e. The van der Waals surface area contributed by atoms with Crippen molar-refractivity contribution in [3.8, 4) is 0 Å². The highest BCUT2D eigenvalue weighted by atomic mass is 16.1.